The molecule has 0 spiro atoms. The second-order valence-electron chi connectivity index (χ2n) is 7.05. The van der Waals surface area contributed by atoms with Crippen LogP contribution in [-0.4, -0.2) is 26.3 Å². The van der Waals surface area contributed by atoms with Crippen LogP contribution < -0.4 is 5.32 Å². The molecule has 30 heavy (non-hydrogen) atoms. The average molecular weight is 437 g/mol. The Balaban J connectivity index is 1.46. The van der Waals surface area contributed by atoms with Gasteiger partial charge in [0.05, 0.1) is 17.0 Å². The molecule has 152 valence electrons. The van der Waals surface area contributed by atoms with Crippen molar-refractivity contribution in [2.75, 3.05) is 5.75 Å². The molecule has 0 saturated carbocycles. The Morgan fingerprint density at radius 1 is 1.13 bits per heavy atom. The Morgan fingerprint density at radius 3 is 2.77 bits per heavy atom. The van der Waals surface area contributed by atoms with E-state index in [1.165, 1.54) is 22.9 Å². The SMILES string of the molecule is Cc1ccc(-c2cc3c(SCC(=O)NCc4ccccc4Cl)nccn3n2)cc1C. The lowest BCUT2D eigenvalue weighted by molar-refractivity contribution is -0.118. The minimum Gasteiger partial charge on any atom is -0.351 e. The van der Waals surface area contributed by atoms with Gasteiger partial charge >= 0.3 is 0 Å². The van der Waals surface area contributed by atoms with Gasteiger partial charge in [-0.1, -0.05) is 53.7 Å². The Hall–Kier alpha value is -2.83. The van der Waals surface area contributed by atoms with Gasteiger partial charge in [0.1, 0.15) is 5.03 Å². The molecule has 0 aliphatic heterocycles. The number of fused-ring (bicyclic) bond motifs is 1. The van der Waals surface area contributed by atoms with Crippen LogP contribution in [0, 0.1) is 13.8 Å². The molecule has 2 heterocycles. The third kappa shape index (κ3) is 4.50. The van der Waals surface area contributed by atoms with Crippen molar-refractivity contribution in [3.8, 4) is 11.3 Å². The number of aromatic nitrogens is 3. The van der Waals surface area contributed by atoms with Gasteiger partial charge in [-0.25, -0.2) is 9.50 Å². The number of aryl methyl sites for hydroxylation is 2. The van der Waals surface area contributed by atoms with Gasteiger partial charge in [0.25, 0.3) is 0 Å². The molecule has 0 unspecified atom stereocenters. The molecule has 4 aromatic rings. The quantitative estimate of drug-likeness (QED) is 0.428. The standard InChI is InChI=1S/C23H21ClN4OS/c1-15-7-8-17(11-16(15)2)20-12-21-23(25-9-10-28(21)27-20)30-14-22(29)26-13-18-5-3-4-6-19(18)24/h3-12H,13-14H2,1-2H3,(H,26,29). The Morgan fingerprint density at radius 2 is 1.97 bits per heavy atom. The first-order valence-electron chi connectivity index (χ1n) is 9.56. The maximum absolute atomic E-state index is 12.3. The molecule has 0 aliphatic carbocycles. The summed E-state index contributed by atoms with van der Waals surface area (Å²) in [4.78, 5) is 16.8. The minimum absolute atomic E-state index is 0.0716. The molecule has 4 rings (SSSR count). The maximum atomic E-state index is 12.3. The normalized spacial score (nSPS) is 11.0. The summed E-state index contributed by atoms with van der Waals surface area (Å²) >= 11 is 7.54. The van der Waals surface area contributed by atoms with Crippen LogP contribution in [0.4, 0.5) is 0 Å². The van der Waals surface area contributed by atoms with Crippen molar-refractivity contribution in [2.24, 2.45) is 0 Å². The number of rotatable bonds is 6. The van der Waals surface area contributed by atoms with E-state index in [2.05, 4.69) is 47.4 Å². The van der Waals surface area contributed by atoms with Crippen molar-refractivity contribution >= 4 is 34.8 Å². The van der Waals surface area contributed by atoms with Crippen molar-refractivity contribution in [1.29, 1.82) is 0 Å². The number of hydrogen-bond donors (Lipinski definition) is 1. The van der Waals surface area contributed by atoms with Crippen molar-refractivity contribution in [3.63, 3.8) is 0 Å². The number of nitrogens with zero attached hydrogens (tertiary/aromatic N) is 3. The van der Waals surface area contributed by atoms with Crippen LogP contribution in [0.2, 0.25) is 5.02 Å². The summed E-state index contributed by atoms with van der Waals surface area (Å²) in [6, 6.07) is 15.8. The predicted octanol–water partition coefficient (Wildman–Crippen LogP) is 5.08. The summed E-state index contributed by atoms with van der Waals surface area (Å²) in [5.41, 5.74) is 6.21. The van der Waals surface area contributed by atoms with Gasteiger partial charge in [-0.3, -0.25) is 4.79 Å². The lowest BCUT2D eigenvalue weighted by atomic mass is 10.0. The molecular formula is C23H21ClN4OS. The van der Waals surface area contributed by atoms with Crippen LogP contribution in [0.25, 0.3) is 16.8 Å². The molecule has 0 aliphatic rings. The third-order valence-electron chi connectivity index (χ3n) is 4.93. The zero-order chi connectivity index (χ0) is 21.1. The highest BCUT2D eigenvalue weighted by Crippen LogP contribution is 2.27. The van der Waals surface area contributed by atoms with Gasteiger partial charge < -0.3 is 5.32 Å². The van der Waals surface area contributed by atoms with Crippen molar-refractivity contribution in [1.82, 2.24) is 19.9 Å². The number of carbonyl (C=O) groups is 1. The predicted molar refractivity (Wildman–Crippen MR) is 122 cm³/mol. The van der Waals surface area contributed by atoms with Crippen LogP contribution in [-0.2, 0) is 11.3 Å². The summed E-state index contributed by atoms with van der Waals surface area (Å²) in [6.45, 7) is 4.59. The number of carbonyl (C=O) groups excluding carboxylic acids is 1. The van der Waals surface area contributed by atoms with E-state index in [0.29, 0.717) is 11.6 Å². The summed E-state index contributed by atoms with van der Waals surface area (Å²) in [6.07, 6.45) is 3.52. The highest BCUT2D eigenvalue weighted by atomic mass is 35.5. The fraction of sp³-hybridized carbons (Fsp3) is 0.174. The number of halogens is 1. The van der Waals surface area contributed by atoms with E-state index in [1.807, 2.05) is 41.0 Å². The van der Waals surface area contributed by atoms with Crippen molar-refractivity contribution < 1.29 is 4.79 Å². The number of thioether (sulfide) groups is 1. The number of benzene rings is 2. The van der Waals surface area contributed by atoms with E-state index in [-0.39, 0.29) is 11.7 Å². The third-order valence-corrected chi connectivity index (χ3v) is 6.29. The zero-order valence-electron chi connectivity index (χ0n) is 16.7. The average Bonchev–Trinajstić information content (AvgIpc) is 3.18. The zero-order valence-corrected chi connectivity index (χ0v) is 18.3. The second kappa shape index (κ2) is 8.90. The van der Waals surface area contributed by atoms with Gasteiger partial charge in [0.15, 0.2) is 0 Å². The lowest BCUT2D eigenvalue weighted by Crippen LogP contribution is -2.24. The van der Waals surface area contributed by atoms with Crippen LogP contribution >= 0.6 is 23.4 Å². The highest BCUT2D eigenvalue weighted by Gasteiger charge is 2.12. The number of nitrogens with one attached hydrogen (secondary N) is 1. The van der Waals surface area contributed by atoms with Gasteiger partial charge in [0, 0.05) is 29.5 Å². The molecular weight excluding hydrogens is 416 g/mol. The lowest BCUT2D eigenvalue weighted by Gasteiger charge is -2.07. The Bertz CT molecular complexity index is 1220. The topological polar surface area (TPSA) is 59.3 Å². The van der Waals surface area contributed by atoms with Gasteiger partial charge in [0.2, 0.25) is 5.91 Å². The first-order chi connectivity index (χ1) is 14.5. The van der Waals surface area contributed by atoms with Crippen LogP contribution in [0.15, 0.2) is 66.0 Å². The molecule has 0 saturated heterocycles. The van der Waals surface area contributed by atoms with E-state index in [4.69, 9.17) is 11.6 Å². The first-order valence-corrected chi connectivity index (χ1v) is 10.9. The number of amides is 1. The Kier molecular flexibility index (Phi) is 6.06. The summed E-state index contributed by atoms with van der Waals surface area (Å²) < 4.78 is 1.81. The fourth-order valence-electron chi connectivity index (χ4n) is 3.07. The minimum atomic E-state index is -0.0716. The monoisotopic (exact) mass is 436 g/mol. The highest BCUT2D eigenvalue weighted by molar-refractivity contribution is 8.00. The van der Waals surface area contributed by atoms with Crippen molar-refractivity contribution in [2.45, 2.75) is 25.4 Å². The molecule has 2 aromatic carbocycles. The first kappa shape index (κ1) is 20.4. The van der Waals surface area contributed by atoms with Crippen molar-refractivity contribution in [3.05, 3.63) is 82.6 Å². The largest absolute Gasteiger partial charge is 0.351 e. The molecule has 2 aromatic heterocycles. The molecule has 0 atom stereocenters. The molecule has 0 bridgehead atoms. The van der Waals surface area contributed by atoms with E-state index in [0.717, 1.165) is 27.4 Å². The molecule has 0 fully saturated rings. The molecule has 1 amide bonds. The van der Waals surface area contributed by atoms with Gasteiger partial charge in [-0.05, 0) is 48.7 Å². The van der Waals surface area contributed by atoms with Gasteiger partial charge in [-0.2, -0.15) is 5.10 Å². The van der Waals surface area contributed by atoms with Crippen LogP contribution in [0.3, 0.4) is 0 Å². The number of hydrogen-bond acceptors (Lipinski definition) is 4. The molecule has 1 N–H and O–H groups in total. The van der Waals surface area contributed by atoms with E-state index in [9.17, 15) is 4.79 Å². The smallest absolute Gasteiger partial charge is 0.230 e. The van der Waals surface area contributed by atoms with Crippen LogP contribution in [0.1, 0.15) is 16.7 Å². The maximum Gasteiger partial charge on any atom is 0.230 e. The Labute approximate surface area is 184 Å². The summed E-state index contributed by atoms with van der Waals surface area (Å²) in [5.74, 6) is 0.194. The van der Waals surface area contributed by atoms with Crippen LogP contribution in [0.5, 0.6) is 0 Å². The van der Waals surface area contributed by atoms with E-state index >= 15 is 0 Å². The van der Waals surface area contributed by atoms with Gasteiger partial charge in [-0.15, -0.1) is 0 Å². The molecule has 5 nitrogen and oxygen atoms in total. The van der Waals surface area contributed by atoms with E-state index < -0.39 is 0 Å². The summed E-state index contributed by atoms with van der Waals surface area (Å²) in [5, 5.41) is 9.00. The second-order valence-corrected chi connectivity index (χ2v) is 8.42. The molecule has 0 radical (unpaired) electrons. The summed E-state index contributed by atoms with van der Waals surface area (Å²) in [7, 11) is 0. The van der Waals surface area contributed by atoms with E-state index in [1.54, 1.807) is 6.20 Å². The fourth-order valence-corrected chi connectivity index (χ4v) is 4.08. The molecule has 7 heteroatoms.